The Bertz CT molecular complexity index is 1520. The van der Waals surface area contributed by atoms with Gasteiger partial charge in [0.15, 0.2) is 9.84 Å². The van der Waals surface area contributed by atoms with Gasteiger partial charge >= 0.3 is 5.97 Å². The lowest BCUT2D eigenvalue weighted by Crippen LogP contribution is -2.51. The van der Waals surface area contributed by atoms with Crippen molar-refractivity contribution in [2.45, 2.75) is 93.5 Å². The average molecular weight is 748 g/mol. The lowest BCUT2D eigenvalue weighted by molar-refractivity contribution is -0.253. The summed E-state index contributed by atoms with van der Waals surface area (Å²) in [6.07, 6.45) is 1.99. The van der Waals surface area contributed by atoms with Gasteiger partial charge in [0, 0.05) is 25.2 Å². The van der Waals surface area contributed by atoms with Crippen molar-refractivity contribution < 1.29 is 36.1 Å². The number of carbonyl (C=O) groups excluding carboxylic acids is 1. The number of hydrogen-bond donors (Lipinski definition) is 3. The highest BCUT2D eigenvalue weighted by atomic mass is 35.5. The molecule has 0 aliphatic heterocycles. The third kappa shape index (κ3) is 13.6. The van der Waals surface area contributed by atoms with Gasteiger partial charge in [-0.25, -0.2) is 17.2 Å². The summed E-state index contributed by atoms with van der Waals surface area (Å²) in [5.41, 5.74) is 11.3. The fourth-order valence-corrected chi connectivity index (χ4v) is 8.90. The number of ether oxygens (including phenoxy) is 1. The van der Waals surface area contributed by atoms with Crippen molar-refractivity contribution in [2.24, 2.45) is 5.73 Å². The summed E-state index contributed by atoms with van der Waals surface area (Å²) in [4.78, 5) is 18.8. The van der Waals surface area contributed by atoms with Crippen molar-refractivity contribution in [2.75, 3.05) is 12.3 Å². The van der Waals surface area contributed by atoms with Crippen LogP contribution in [0.3, 0.4) is 0 Å². The van der Waals surface area contributed by atoms with Gasteiger partial charge in [0.25, 0.3) is 0 Å². The molecule has 4 N–H and O–H groups in total. The molecule has 1 heterocycles. The molecule has 0 spiro atoms. The molecular formula is C33H44ClF2N3O6S3. The second kappa shape index (κ2) is 20.5. The molecule has 0 saturated heterocycles. The van der Waals surface area contributed by atoms with Crippen LogP contribution in [0, 0.1) is 11.6 Å². The number of thiophene rings is 1. The van der Waals surface area contributed by atoms with Crippen LogP contribution in [-0.4, -0.2) is 50.1 Å². The number of hydroxylamine groups is 1. The molecule has 0 radical (unpaired) electrons. The third-order valence-electron chi connectivity index (χ3n) is 7.51. The molecule has 0 aliphatic rings. The SMILES string of the molecule is CCCC(CCC)S(=O)(=O)C[C@H](NOOSc1ccc(Cl)s1)C(=O)O[C@H](CNCc1cccc(CC)c1)[C@@H](N)Cc1cc(F)cc(F)c1. The lowest BCUT2D eigenvalue weighted by Gasteiger charge is -2.27. The van der Waals surface area contributed by atoms with Crippen LogP contribution in [0.5, 0.6) is 0 Å². The normalized spacial score (nSPS) is 13.8. The van der Waals surface area contributed by atoms with Gasteiger partial charge in [-0.3, -0.25) is 4.79 Å². The Morgan fingerprint density at radius 2 is 1.69 bits per heavy atom. The maximum Gasteiger partial charge on any atom is 0.327 e. The molecule has 3 atom stereocenters. The molecule has 0 bridgehead atoms. The topological polar surface area (TPSA) is 129 Å². The predicted octanol–water partition coefficient (Wildman–Crippen LogP) is 6.73. The van der Waals surface area contributed by atoms with Gasteiger partial charge in [-0.2, -0.15) is 5.48 Å². The molecule has 266 valence electrons. The van der Waals surface area contributed by atoms with Crippen molar-refractivity contribution in [3.63, 3.8) is 0 Å². The van der Waals surface area contributed by atoms with E-state index in [2.05, 4.69) is 23.8 Å². The maximum absolute atomic E-state index is 14.0. The van der Waals surface area contributed by atoms with E-state index in [1.165, 1.54) is 11.3 Å². The third-order valence-corrected chi connectivity index (χ3v) is 11.7. The van der Waals surface area contributed by atoms with Gasteiger partial charge < -0.3 is 15.8 Å². The van der Waals surface area contributed by atoms with Crippen LogP contribution in [0.2, 0.25) is 4.34 Å². The largest absolute Gasteiger partial charge is 0.458 e. The monoisotopic (exact) mass is 747 g/mol. The minimum absolute atomic E-state index is 0.0231. The van der Waals surface area contributed by atoms with Crippen LogP contribution in [0.15, 0.2) is 58.8 Å². The molecule has 0 amide bonds. The van der Waals surface area contributed by atoms with Crippen molar-refractivity contribution >= 4 is 50.8 Å². The Morgan fingerprint density at radius 3 is 2.31 bits per heavy atom. The summed E-state index contributed by atoms with van der Waals surface area (Å²) in [7, 11) is -3.80. The van der Waals surface area contributed by atoms with E-state index in [4.69, 9.17) is 31.4 Å². The molecule has 15 heteroatoms. The molecule has 9 nitrogen and oxygen atoms in total. The Morgan fingerprint density at radius 1 is 1.00 bits per heavy atom. The first-order valence-corrected chi connectivity index (χ1v) is 19.5. The quantitative estimate of drug-likeness (QED) is 0.0335. The fraction of sp³-hybridized carbons (Fsp3) is 0.485. The molecule has 0 fully saturated rings. The standard InChI is InChI=1S/C33H44ClF2N3O6S3/c1-4-8-27(9-5-2)48(41,42)21-29(39-44-45-47-32-13-12-31(34)46-32)33(40)43-30(20-38-19-23-11-7-10-22(6-3)14-23)28(37)17-24-15-25(35)18-26(36)16-24/h7,10-16,18,27-30,38-39H,4-6,8-9,17,19-21,37H2,1-3H3/t28-,29-,30+/m0/s1. The van der Waals surface area contributed by atoms with Crippen LogP contribution in [0.4, 0.5) is 8.78 Å². The number of hydrogen-bond acceptors (Lipinski definition) is 11. The molecule has 0 aliphatic carbocycles. The zero-order chi connectivity index (χ0) is 35.1. The van der Waals surface area contributed by atoms with Gasteiger partial charge in [0.1, 0.15) is 23.8 Å². The molecule has 48 heavy (non-hydrogen) atoms. The summed E-state index contributed by atoms with van der Waals surface area (Å²) in [6, 6.07) is 12.0. The molecule has 0 unspecified atom stereocenters. The van der Waals surface area contributed by atoms with Crippen molar-refractivity contribution in [3.05, 3.63) is 87.3 Å². The first-order valence-electron chi connectivity index (χ1n) is 15.9. The van der Waals surface area contributed by atoms with Crippen LogP contribution in [0.1, 0.15) is 63.1 Å². The Labute approximate surface area is 295 Å². The first kappa shape index (κ1) is 40.3. The highest BCUT2D eigenvalue weighted by Gasteiger charge is 2.35. The Kier molecular flexibility index (Phi) is 17.2. The van der Waals surface area contributed by atoms with Gasteiger partial charge in [-0.1, -0.05) is 69.5 Å². The molecule has 3 rings (SSSR count). The number of nitrogens with two attached hydrogens (primary N) is 1. The molecule has 1 aromatic heterocycles. The van der Waals surface area contributed by atoms with Gasteiger partial charge in [0.2, 0.25) is 0 Å². The molecule has 3 aromatic rings. The minimum atomic E-state index is -3.80. The number of aryl methyl sites for hydroxylation is 1. The van der Waals surface area contributed by atoms with Crippen molar-refractivity contribution in [3.8, 4) is 0 Å². The highest BCUT2D eigenvalue weighted by molar-refractivity contribution is 7.96. The average Bonchev–Trinajstić information content (AvgIpc) is 3.45. The van der Waals surface area contributed by atoms with E-state index >= 15 is 0 Å². The second-order valence-corrected chi connectivity index (χ2v) is 16.5. The lowest BCUT2D eigenvalue weighted by atomic mass is 10.0. The fourth-order valence-electron chi connectivity index (χ4n) is 5.10. The second-order valence-electron chi connectivity index (χ2n) is 11.4. The van der Waals surface area contributed by atoms with Gasteiger partial charge in [-0.05, 0) is 66.6 Å². The van der Waals surface area contributed by atoms with E-state index in [1.54, 1.807) is 12.1 Å². The maximum atomic E-state index is 14.0. The van der Waals surface area contributed by atoms with Crippen LogP contribution in [-0.2, 0) is 48.1 Å². The van der Waals surface area contributed by atoms with E-state index < -0.39 is 56.6 Å². The summed E-state index contributed by atoms with van der Waals surface area (Å²) in [6.45, 7) is 6.35. The van der Waals surface area contributed by atoms with E-state index in [0.29, 0.717) is 40.8 Å². The summed E-state index contributed by atoms with van der Waals surface area (Å²) < 4.78 is 67.1. The van der Waals surface area contributed by atoms with Crippen molar-refractivity contribution in [1.29, 1.82) is 0 Å². The van der Waals surface area contributed by atoms with Crippen LogP contribution in [0.25, 0.3) is 0 Å². The Hall–Kier alpha value is -2.14. The number of sulfone groups is 1. The van der Waals surface area contributed by atoms with E-state index in [0.717, 1.165) is 47.8 Å². The summed E-state index contributed by atoms with van der Waals surface area (Å²) in [5, 5.41) is 2.59. The van der Waals surface area contributed by atoms with E-state index in [1.807, 2.05) is 32.0 Å². The zero-order valence-corrected chi connectivity index (χ0v) is 30.5. The molecule has 0 saturated carbocycles. The summed E-state index contributed by atoms with van der Waals surface area (Å²) >= 11 is 8.02. The first-order chi connectivity index (χ1) is 22.9. The highest BCUT2D eigenvalue weighted by Crippen LogP contribution is 2.30. The van der Waals surface area contributed by atoms with Crippen LogP contribution >= 0.6 is 35.0 Å². The van der Waals surface area contributed by atoms with Crippen molar-refractivity contribution in [1.82, 2.24) is 10.8 Å². The van der Waals surface area contributed by atoms with Gasteiger partial charge in [-0.15, -0.1) is 20.7 Å². The van der Waals surface area contributed by atoms with Crippen LogP contribution < -0.4 is 16.5 Å². The smallest absolute Gasteiger partial charge is 0.327 e. The van der Waals surface area contributed by atoms with E-state index in [9.17, 15) is 22.0 Å². The van der Waals surface area contributed by atoms with Gasteiger partial charge in [0.05, 0.1) is 31.6 Å². The number of esters is 1. The number of rotatable bonds is 22. The minimum Gasteiger partial charge on any atom is -0.458 e. The number of halogens is 3. The number of nitrogens with one attached hydrogen (secondary N) is 2. The zero-order valence-electron chi connectivity index (χ0n) is 27.3. The molecular weight excluding hydrogens is 704 g/mol. The predicted molar refractivity (Wildman–Crippen MR) is 187 cm³/mol. The Balaban J connectivity index is 1.80. The van der Waals surface area contributed by atoms with E-state index in [-0.39, 0.29) is 18.5 Å². The summed E-state index contributed by atoms with van der Waals surface area (Å²) in [5.74, 6) is -3.09. The number of carbonyl (C=O) groups is 1. The number of benzene rings is 2. The molecule has 2 aromatic carbocycles.